The molecule has 0 aliphatic rings. The first kappa shape index (κ1) is 14.9. The van der Waals surface area contributed by atoms with Gasteiger partial charge in [-0.05, 0) is 11.5 Å². The summed E-state index contributed by atoms with van der Waals surface area (Å²) in [4.78, 5) is -0.442. The van der Waals surface area contributed by atoms with Crippen molar-refractivity contribution in [1.82, 2.24) is 0 Å². The number of phenols is 1. The third kappa shape index (κ3) is 3.19. The van der Waals surface area contributed by atoms with Crippen molar-refractivity contribution in [2.24, 2.45) is 0 Å². The van der Waals surface area contributed by atoms with Crippen LogP contribution < -0.4 is 56.5 Å². The van der Waals surface area contributed by atoms with Gasteiger partial charge in [0.1, 0.15) is 5.75 Å². The Morgan fingerprint density at radius 2 is 1.76 bits per heavy atom. The first-order valence-corrected chi connectivity index (χ1v) is 5.73. The smallest absolute Gasteiger partial charge is 0.872 e. The van der Waals surface area contributed by atoms with E-state index in [0.717, 1.165) is 12.1 Å². The summed E-state index contributed by atoms with van der Waals surface area (Å²) in [6.07, 6.45) is 0. The SMILES string of the molecule is O=S(=O)(O)c1cc(O)c2ccc([O-])cc2c1.[K+]. The van der Waals surface area contributed by atoms with Gasteiger partial charge in [-0.15, -0.1) is 5.75 Å². The average molecular weight is 278 g/mol. The van der Waals surface area contributed by atoms with Crippen molar-refractivity contribution >= 4 is 20.9 Å². The molecule has 0 radical (unpaired) electrons. The summed E-state index contributed by atoms with van der Waals surface area (Å²) >= 11 is 0. The monoisotopic (exact) mass is 278 g/mol. The third-order valence-electron chi connectivity index (χ3n) is 2.17. The molecule has 17 heavy (non-hydrogen) atoms. The quantitative estimate of drug-likeness (QED) is 0.459. The molecule has 0 fully saturated rings. The van der Waals surface area contributed by atoms with Gasteiger partial charge in [-0.2, -0.15) is 8.42 Å². The van der Waals surface area contributed by atoms with E-state index in [2.05, 4.69) is 0 Å². The fourth-order valence-corrected chi connectivity index (χ4v) is 1.99. The van der Waals surface area contributed by atoms with Crippen LogP contribution in [-0.4, -0.2) is 18.1 Å². The van der Waals surface area contributed by atoms with E-state index >= 15 is 0 Å². The van der Waals surface area contributed by atoms with Crippen LogP contribution in [-0.2, 0) is 10.1 Å². The van der Waals surface area contributed by atoms with Gasteiger partial charge in [0.05, 0.1) is 4.90 Å². The number of hydrogen-bond donors (Lipinski definition) is 2. The molecule has 2 aromatic rings. The second-order valence-electron chi connectivity index (χ2n) is 3.30. The molecule has 0 aliphatic heterocycles. The van der Waals surface area contributed by atoms with Crippen molar-refractivity contribution < 1.29 is 74.6 Å². The van der Waals surface area contributed by atoms with E-state index in [-0.39, 0.29) is 68.3 Å². The average Bonchev–Trinajstić information content (AvgIpc) is 2.15. The number of fused-ring (bicyclic) bond motifs is 1. The Hall–Kier alpha value is -0.154. The Morgan fingerprint density at radius 1 is 1.12 bits per heavy atom. The van der Waals surface area contributed by atoms with Crippen molar-refractivity contribution in [3.05, 3.63) is 30.3 Å². The van der Waals surface area contributed by atoms with Crippen LogP contribution in [0.4, 0.5) is 0 Å². The van der Waals surface area contributed by atoms with Crippen LogP contribution in [0.3, 0.4) is 0 Å². The molecule has 0 saturated heterocycles. The summed E-state index contributed by atoms with van der Waals surface area (Å²) in [5.74, 6) is -0.607. The first-order valence-electron chi connectivity index (χ1n) is 4.29. The molecule has 0 spiro atoms. The van der Waals surface area contributed by atoms with E-state index in [1.807, 2.05) is 0 Å². The Labute approximate surface area is 140 Å². The molecule has 2 rings (SSSR count). The zero-order chi connectivity index (χ0) is 11.9. The molecular formula is C10H7KO5S. The standard InChI is InChI=1S/C10H8O5S.K/c11-7-1-2-9-6(3-7)4-8(5-10(9)12)16(13,14)15;/h1-5,11-12H,(H,13,14,15);/q;+1/p-1. The largest absolute Gasteiger partial charge is 1.00 e. The Bertz CT molecular complexity index is 666. The van der Waals surface area contributed by atoms with Crippen molar-refractivity contribution in [3.63, 3.8) is 0 Å². The summed E-state index contributed by atoms with van der Waals surface area (Å²) in [7, 11) is -4.39. The van der Waals surface area contributed by atoms with Crippen LogP contribution in [0.2, 0.25) is 0 Å². The van der Waals surface area contributed by atoms with Crippen molar-refractivity contribution in [2.75, 3.05) is 0 Å². The van der Waals surface area contributed by atoms with Crippen LogP contribution in [0.25, 0.3) is 10.8 Å². The Balaban J connectivity index is 0.00000144. The van der Waals surface area contributed by atoms with E-state index in [0.29, 0.717) is 5.39 Å². The molecule has 0 atom stereocenters. The minimum Gasteiger partial charge on any atom is -0.872 e. The van der Waals surface area contributed by atoms with E-state index in [1.165, 1.54) is 18.2 Å². The summed E-state index contributed by atoms with van der Waals surface area (Å²) in [6.45, 7) is 0. The molecule has 0 bridgehead atoms. The van der Waals surface area contributed by atoms with Gasteiger partial charge in [0.25, 0.3) is 10.1 Å². The zero-order valence-electron chi connectivity index (χ0n) is 8.91. The number of phenolic OH excluding ortho intramolecular Hbond substituents is 1. The molecule has 0 amide bonds. The Kier molecular flexibility index (Phi) is 4.58. The minimum absolute atomic E-state index is 0. The van der Waals surface area contributed by atoms with Gasteiger partial charge in [-0.1, -0.05) is 18.2 Å². The molecule has 2 aromatic carbocycles. The first-order chi connectivity index (χ1) is 7.38. The van der Waals surface area contributed by atoms with Crippen LogP contribution in [0.15, 0.2) is 35.2 Å². The van der Waals surface area contributed by atoms with Gasteiger partial charge >= 0.3 is 51.4 Å². The second-order valence-corrected chi connectivity index (χ2v) is 4.72. The molecule has 2 N–H and O–H groups in total. The van der Waals surface area contributed by atoms with E-state index in [9.17, 15) is 18.6 Å². The molecule has 0 unspecified atom stereocenters. The van der Waals surface area contributed by atoms with Crippen LogP contribution >= 0.6 is 0 Å². The molecule has 0 saturated carbocycles. The van der Waals surface area contributed by atoms with E-state index in [4.69, 9.17) is 4.55 Å². The van der Waals surface area contributed by atoms with Gasteiger partial charge in [-0.25, -0.2) is 0 Å². The van der Waals surface area contributed by atoms with Crippen LogP contribution in [0.5, 0.6) is 11.5 Å². The van der Waals surface area contributed by atoms with Crippen molar-refractivity contribution in [1.29, 1.82) is 0 Å². The Morgan fingerprint density at radius 3 is 2.35 bits per heavy atom. The van der Waals surface area contributed by atoms with Gasteiger partial charge in [0, 0.05) is 11.5 Å². The third-order valence-corrected chi connectivity index (χ3v) is 3.01. The van der Waals surface area contributed by atoms with Crippen LogP contribution in [0, 0.1) is 0 Å². The summed E-state index contributed by atoms with van der Waals surface area (Å²) < 4.78 is 30.6. The van der Waals surface area contributed by atoms with Crippen molar-refractivity contribution in [2.45, 2.75) is 4.90 Å². The fraction of sp³-hybridized carbons (Fsp3) is 0. The van der Waals surface area contributed by atoms with Gasteiger partial charge < -0.3 is 10.2 Å². The van der Waals surface area contributed by atoms with E-state index in [1.54, 1.807) is 0 Å². The molecule has 0 aromatic heterocycles. The maximum absolute atomic E-state index is 11.1. The predicted octanol–water partition coefficient (Wildman–Crippen LogP) is -2.13. The zero-order valence-corrected chi connectivity index (χ0v) is 12.9. The molecular weight excluding hydrogens is 271 g/mol. The van der Waals surface area contributed by atoms with E-state index < -0.39 is 15.0 Å². The van der Waals surface area contributed by atoms with Crippen molar-refractivity contribution in [3.8, 4) is 11.5 Å². The summed E-state index contributed by atoms with van der Waals surface area (Å²) in [5.41, 5.74) is 0. The number of rotatable bonds is 1. The normalized spacial score (nSPS) is 11.1. The molecule has 0 heterocycles. The number of benzene rings is 2. The van der Waals surface area contributed by atoms with Crippen LogP contribution in [0.1, 0.15) is 0 Å². The molecule has 0 aliphatic carbocycles. The molecule has 5 nitrogen and oxygen atoms in total. The minimum atomic E-state index is -4.39. The maximum atomic E-state index is 11.1. The maximum Gasteiger partial charge on any atom is 1.00 e. The second kappa shape index (κ2) is 5.23. The summed E-state index contributed by atoms with van der Waals surface area (Å²) in [5, 5.41) is 21.2. The fourth-order valence-electron chi connectivity index (χ4n) is 1.45. The molecule has 7 heteroatoms. The topological polar surface area (TPSA) is 97.7 Å². The van der Waals surface area contributed by atoms with Gasteiger partial charge in [0.2, 0.25) is 0 Å². The van der Waals surface area contributed by atoms with Gasteiger partial charge in [0.15, 0.2) is 0 Å². The number of aromatic hydroxyl groups is 1. The summed E-state index contributed by atoms with van der Waals surface area (Å²) in [6, 6.07) is 5.90. The molecule has 84 valence electrons. The van der Waals surface area contributed by atoms with Gasteiger partial charge in [-0.3, -0.25) is 4.55 Å². The number of hydrogen-bond acceptors (Lipinski definition) is 4. The predicted molar refractivity (Wildman–Crippen MR) is 54.9 cm³/mol.